The van der Waals surface area contributed by atoms with E-state index < -0.39 is 0 Å². The van der Waals surface area contributed by atoms with Gasteiger partial charge in [0, 0.05) is 31.2 Å². The maximum atomic E-state index is 12.5. The number of benzene rings is 1. The quantitative estimate of drug-likeness (QED) is 0.918. The van der Waals surface area contributed by atoms with Gasteiger partial charge < -0.3 is 15.5 Å². The zero-order valence-corrected chi connectivity index (χ0v) is 14.3. The minimum Gasteiger partial charge on any atom is -0.334 e. The van der Waals surface area contributed by atoms with Crippen LogP contribution in [0.15, 0.2) is 24.3 Å². The van der Waals surface area contributed by atoms with Crippen molar-refractivity contribution in [2.24, 2.45) is 5.73 Å². The number of halogens is 2. The molecule has 4 nitrogen and oxygen atoms in total. The van der Waals surface area contributed by atoms with Gasteiger partial charge in [-0.25, -0.2) is 0 Å². The molecule has 1 aromatic rings. The molecule has 0 spiro atoms. The van der Waals surface area contributed by atoms with Gasteiger partial charge in [-0.05, 0) is 44.6 Å². The number of nitrogens with zero attached hydrogens (tertiary/aromatic N) is 2. The molecule has 0 saturated carbocycles. The highest BCUT2D eigenvalue weighted by molar-refractivity contribution is 5.94. The Morgan fingerprint density at radius 1 is 1.38 bits per heavy atom. The third-order valence-electron chi connectivity index (χ3n) is 3.58. The van der Waals surface area contributed by atoms with Crippen molar-refractivity contribution in [2.45, 2.75) is 25.4 Å². The third kappa shape index (κ3) is 5.15. The van der Waals surface area contributed by atoms with Gasteiger partial charge in [0.25, 0.3) is 5.91 Å². The van der Waals surface area contributed by atoms with Crippen molar-refractivity contribution in [3.05, 3.63) is 35.4 Å². The van der Waals surface area contributed by atoms with Crippen LogP contribution in [0, 0.1) is 0 Å². The Bertz CT molecular complexity index is 454. The Morgan fingerprint density at radius 3 is 2.71 bits per heavy atom. The zero-order valence-electron chi connectivity index (χ0n) is 12.6. The van der Waals surface area contributed by atoms with E-state index in [1.807, 2.05) is 37.2 Å². The highest BCUT2D eigenvalue weighted by atomic mass is 35.5. The smallest absolute Gasteiger partial charge is 0.254 e. The number of rotatable bonds is 4. The van der Waals surface area contributed by atoms with E-state index in [9.17, 15) is 4.79 Å². The first-order chi connectivity index (χ1) is 9.11. The Kier molecular flexibility index (Phi) is 8.90. The van der Waals surface area contributed by atoms with Crippen LogP contribution in [0.5, 0.6) is 0 Å². The van der Waals surface area contributed by atoms with E-state index in [0.717, 1.165) is 31.5 Å². The summed E-state index contributed by atoms with van der Waals surface area (Å²) in [6, 6.07) is 8.12. The fraction of sp³-hybridized carbons (Fsp3) is 0.533. The van der Waals surface area contributed by atoms with Crippen LogP contribution in [0.2, 0.25) is 0 Å². The number of nitrogens with two attached hydrogens (primary N) is 1. The van der Waals surface area contributed by atoms with Crippen LogP contribution in [0.4, 0.5) is 0 Å². The molecule has 0 radical (unpaired) electrons. The summed E-state index contributed by atoms with van der Waals surface area (Å²) in [7, 11) is 4.05. The molecular formula is C15H25Cl2N3O. The molecule has 1 aliphatic rings. The average molecular weight is 334 g/mol. The predicted molar refractivity (Wildman–Crippen MR) is 91.4 cm³/mol. The van der Waals surface area contributed by atoms with Crippen LogP contribution in [0.25, 0.3) is 0 Å². The van der Waals surface area contributed by atoms with Crippen molar-refractivity contribution in [3.8, 4) is 0 Å². The summed E-state index contributed by atoms with van der Waals surface area (Å²) in [6.45, 7) is 2.24. The van der Waals surface area contributed by atoms with Gasteiger partial charge in [-0.2, -0.15) is 0 Å². The maximum Gasteiger partial charge on any atom is 0.254 e. The third-order valence-corrected chi connectivity index (χ3v) is 3.58. The largest absolute Gasteiger partial charge is 0.334 e. The number of carbonyl (C=O) groups is 1. The minimum absolute atomic E-state index is 0. The molecule has 1 aromatic carbocycles. The number of likely N-dealkylation sites (tertiary alicyclic amines) is 1. The van der Waals surface area contributed by atoms with Crippen molar-refractivity contribution >= 4 is 30.7 Å². The lowest BCUT2D eigenvalue weighted by atomic mass is 10.1. The van der Waals surface area contributed by atoms with Crippen LogP contribution < -0.4 is 5.73 Å². The predicted octanol–water partition coefficient (Wildman–Crippen LogP) is 2.16. The number of hydrogen-bond donors (Lipinski definition) is 1. The van der Waals surface area contributed by atoms with Gasteiger partial charge in [-0.1, -0.05) is 12.1 Å². The molecule has 1 aliphatic heterocycles. The van der Waals surface area contributed by atoms with E-state index in [2.05, 4.69) is 11.0 Å². The van der Waals surface area contributed by atoms with E-state index in [4.69, 9.17) is 5.73 Å². The number of carbonyl (C=O) groups excluding carboxylic acids is 1. The van der Waals surface area contributed by atoms with E-state index in [1.54, 1.807) is 0 Å². The first-order valence-corrected chi connectivity index (χ1v) is 6.86. The molecule has 120 valence electrons. The molecule has 1 heterocycles. The highest BCUT2D eigenvalue weighted by Crippen LogP contribution is 2.20. The normalized spacial score (nSPS) is 17.3. The van der Waals surface area contributed by atoms with Crippen LogP contribution >= 0.6 is 24.8 Å². The fourth-order valence-corrected chi connectivity index (χ4v) is 2.68. The molecule has 21 heavy (non-hydrogen) atoms. The second-order valence-corrected chi connectivity index (χ2v) is 5.47. The molecule has 2 rings (SSSR count). The summed E-state index contributed by atoms with van der Waals surface area (Å²) in [5.74, 6) is 0.119. The van der Waals surface area contributed by atoms with Gasteiger partial charge in [0.1, 0.15) is 0 Å². The lowest BCUT2D eigenvalue weighted by molar-refractivity contribution is 0.0741. The van der Waals surface area contributed by atoms with Gasteiger partial charge in [-0.3, -0.25) is 4.79 Å². The zero-order chi connectivity index (χ0) is 13.8. The monoisotopic (exact) mass is 333 g/mol. The van der Waals surface area contributed by atoms with Crippen LogP contribution in [-0.2, 0) is 6.54 Å². The SMILES string of the molecule is CN(C)Cc1cccc(C(=O)N2CCCC2CN)c1.Cl.Cl. The molecule has 0 aromatic heterocycles. The summed E-state index contributed by atoms with van der Waals surface area (Å²) in [5, 5.41) is 0. The minimum atomic E-state index is 0. The molecule has 0 aliphatic carbocycles. The second-order valence-electron chi connectivity index (χ2n) is 5.47. The van der Waals surface area contributed by atoms with Gasteiger partial charge >= 0.3 is 0 Å². The Labute approximate surface area is 139 Å². The van der Waals surface area contributed by atoms with Gasteiger partial charge in [0.15, 0.2) is 0 Å². The fourth-order valence-electron chi connectivity index (χ4n) is 2.68. The molecule has 6 heteroatoms. The lowest BCUT2D eigenvalue weighted by Crippen LogP contribution is -2.39. The Hall–Kier alpha value is -0.810. The summed E-state index contributed by atoms with van der Waals surface area (Å²) < 4.78 is 0. The summed E-state index contributed by atoms with van der Waals surface area (Å²) >= 11 is 0. The van der Waals surface area contributed by atoms with Crippen molar-refractivity contribution in [2.75, 3.05) is 27.2 Å². The molecule has 1 saturated heterocycles. The van der Waals surface area contributed by atoms with Crippen molar-refractivity contribution < 1.29 is 4.79 Å². The Balaban J connectivity index is 0.00000200. The van der Waals surface area contributed by atoms with Crippen LogP contribution in [0.1, 0.15) is 28.8 Å². The van der Waals surface area contributed by atoms with Gasteiger partial charge in [0.2, 0.25) is 0 Å². The molecular weight excluding hydrogens is 309 g/mol. The van der Waals surface area contributed by atoms with E-state index in [1.165, 1.54) is 5.56 Å². The topological polar surface area (TPSA) is 49.6 Å². The first-order valence-electron chi connectivity index (χ1n) is 6.86. The standard InChI is InChI=1S/C15H23N3O.2ClH/c1-17(2)11-12-5-3-6-13(9-12)15(19)18-8-4-7-14(18)10-16;;/h3,5-6,9,14H,4,7-8,10-11,16H2,1-2H3;2*1H. The molecule has 1 atom stereocenters. The molecule has 1 unspecified atom stereocenters. The van der Waals surface area contributed by atoms with Gasteiger partial charge in [-0.15, -0.1) is 24.8 Å². The highest BCUT2D eigenvalue weighted by Gasteiger charge is 2.28. The number of amides is 1. The summed E-state index contributed by atoms with van der Waals surface area (Å²) in [4.78, 5) is 16.5. The van der Waals surface area contributed by atoms with E-state index >= 15 is 0 Å². The van der Waals surface area contributed by atoms with Crippen LogP contribution in [-0.4, -0.2) is 48.9 Å². The van der Waals surface area contributed by atoms with Crippen molar-refractivity contribution in [1.29, 1.82) is 0 Å². The molecule has 1 fully saturated rings. The van der Waals surface area contributed by atoms with Crippen molar-refractivity contribution in [3.63, 3.8) is 0 Å². The maximum absolute atomic E-state index is 12.5. The summed E-state index contributed by atoms with van der Waals surface area (Å²) in [5.41, 5.74) is 7.68. The van der Waals surface area contributed by atoms with E-state index in [0.29, 0.717) is 6.54 Å². The average Bonchev–Trinajstić information content (AvgIpc) is 2.85. The Morgan fingerprint density at radius 2 is 2.10 bits per heavy atom. The van der Waals surface area contributed by atoms with Gasteiger partial charge in [0.05, 0.1) is 0 Å². The molecule has 1 amide bonds. The van der Waals surface area contributed by atoms with E-state index in [-0.39, 0.29) is 36.8 Å². The second kappa shape index (κ2) is 9.26. The van der Waals surface area contributed by atoms with Crippen molar-refractivity contribution in [1.82, 2.24) is 9.80 Å². The number of hydrogen-bond acceptors (Lipinski definition) is 3. The molecule has 2 N–H and O–H groups in total. The van der Waals surface area contributed by atoms with Crippen LogP contribution in [0.3, 0.4) is 0 Å². The molecule has 0 bridgehead atoms. The lowest BCUT2D eigenvalue weighted by Gasteiger charge is -2.23. The summed E-state index contributed by atoms with van der Waals surface area (Å²) in [6.07, 6.45) is 2.09. The first kappa shape index (κ1) is 20.2.